The summed E-state index contributed by atoms with van der Waals surface area (Å²) in [6.45, 7) is 2.93. The van der Waals surface area contributed by atoms with Crippen molar-refractivity contribution in [1.29, 1.82) is 0 Å². The van der Waals surface area contributed by atoms with E-state index < -0.39 is 10.0 Å². The molecule has 0 unspecified atom stereocenters. The first-order valence-electron chi connectivity index (χ1n) is 10.1. The maximum absolute atomic E-state index is 13.1. The SMILES string of the molecule is Cc1ccc(S(=O)(=O)N2CCCC2)cc1C(=O)N(C)Cc1nc(-c2ccccc2)no1. The van der Waals surface area contributed by atoms with Gasteiger partial charge >= 0.3 is 0 Å². The molecule has 0 N–H and O–H groups in total. The fourth-order valence-electron chi connectivity index (χ4n) is 3.57. The summed E-state index contributed by atoms with van der Waals surface area (Å²) in [4.78, 5) is 19.0. The summed E-state index contributed by atoms with van der Waals surface area (Å²) in [5.41, 5.74) is 1.86. The van der Waals surface area contributed by atoms with Crippen molar-refractivity contribution in [3.63, 3.8) is 0 Å². The van der Waals surface area contributed by atoms with E-state index in [1.54, 1.807) is 26.1 Å². The molecule has 1 fully saturated rings. The normalized spacial score (nSPS) is 14.6. The van der Waals surface area contributed by atoms with Gasteiger partial charge < -0.3 is 9.42 Å². The molecule has 1 amide bonds. The fraction of sp³-hybridized carbons (Fsp3) is 0.318. The van der Waals surface area contributed by atoms with E-state index in [0.717, 1.165) is 18.4 Å². The first kappa shape index (κ1) is 21.2. The molecule has 4 rings (SSSR count). The maximum atomic E-state index is 13.1. The van der Waals surface area contributed by atoms with Gasteiger partial charge in [0.2, 0.25) is 21.7 Å². The van der Waals surface area contributed by atoms with Gasteiger partial charge in [0.15, 0.2) is 0 Å². The Kier molecular flexibility index (Phi) is 5.88. The van der Waals surface area contributed by atoms with Crippen LogP contribution in [-0.2, 0) is 16.6 Å². The predicted molar refractivity (Wildman–Crippen MR) is 115 cm³/mol. The Hall–Kier alpha value is -3.04. The van der Waals surface area contributed by atoms with Gasteiger partial charge in [-0.2, -0.15) is 9.29 Å². The largest absolute Gasteiger partial charge is 0.337 e. The number of aromatic nitrogens is 2. The van der Waals surface area contributed by atoms with Crippen molar-refractivity contribution in [2.75, 3.05) is 20.1 Å². The Bertz CT molecular complexity index is 1190. The number of benzene rings is 2. The second-order valence-corrected chi connectivity index (χ2v) is 9.56. The molecule has 0 atom stereocenters. The van der Waals surface area contributed by atoms with E-state index in [9.17, 15) is 13.2 Å². The lowest BCUT2D eigenvalue weighted by Crippen LogP contribution is -2.29. The van der Waals surface area contributed by atoms with Gasteiger partial charge in [-0.1, -0.05) is 41.6 Å². The molecule has 0 aliphatic carbocycles. The molecule has 1 aliphatic heterocycles. The third-order valence-corrected chi connectivity index (χ3v) is 7.26. The van der Waals surface area contributed by atoms with Crippen LogP contribution in [0, 0.1) is 6.92 Å². The van der Waals surface area contributed by atoms with Gasteiger partial charge in [0.25, 0.3) is 5.91 Å². The Morgan fingerprint density at radius 3 is 2.55 bits per heavy atom. The minimum Gasteiger partial charge on any atom is -0.337 e. The first-order chi connectivity index (χ1) is 14.9. The van der Waals surface area contributed by atoms with Crippen molar-refractivity contribution < 1.29 is 17.7 Å². The van der Waals surface area contributed by atoms with Crippen LogP contribution in [0.4, 0.5) is 0 Å². The topological polar surface area (TPSA) is 96.6 Å². The van der Waals surface area contributed by atoms with Crippen LogP contribution in [0.1, 0.15) is 34.7 Å². The number of hydrogen-bond donors (Lipinski definition) is 0. The summed E-state index contributed by atoms with van der Waals surface area (Å²) in [7, 11) is -1.98. The molecule has 8 nitrogen and oxygen atoms in total. The monoisotopic (exact) mass is 440 g/mol. The van der Waals surface area contributed by atoms with Crippen molar-refractivity contribution in [2.45, 2.75) is 31.2 Å². The van der Waals surface area contributed by atoms with Gasteiger partial charge in [0.1, 0.15) is 0 Å². The molecular formula is C22H24N4O4S. The highest BCUT2D eigenvalue weighted by Crippen LogP contribution is 2.24. The van der Waals surface area contributed by atoms with Gasteiger partial charge in [-0.15, -0.1) is 0 Å². The van der Waals surface area contributed by atoms with Gasteiger partial charge in [-0.3, -0.25) is 4.79 Å². The Labute approximate surface area is 181 Å². The zero-order valence-corrected chi connectivity index (χ0v) is 18.3. The molecule has 1 saturated heterocycles. The van der Waals surface area contributed by atoms with Gasteiger partial charge in [-0.25, -0.2) is 8.42 Å². The summed E-state index contributed by atoms with van der Waals surface area (Å²) in [5.74, 6) is 0.440. The van der Waals surface area contributed by atoms with Crippen LogP contribution in [-0.4, -0.2) is 53.8 Å². The van der Waals surface area contributed by atoms with Crippen molar-refractivity contribution in [3.05, 3.63) is 65.5 Å². The summed E-state index contributed by atoms with van der Waals surface area (Å²) >= 11 is 0. The average molecular weight is 441 g/mol. The molecule has 162 valence electrons. The third-order valence-electron chi connectivity index (χ3n) is 5.36. The van der Waals surface area contributed by atoms with Crippen LogP contribution in [0.5, 0.6) is 0 Å². The van der Waals surface area contributed by atoms with E-state index in [0.29, 0.717) is 35.9 Å². The lowest BCUT2D eigenvalue weighted by Gasteiger charge is -2.19. The number of carbonyl (C=O) groups excluding carboxylic acids is 1. The molecule has 3 aromatic rings. The molecule has 0 spiro atoms. The van der Waals surface area contributed by atoms with E-state index in [1.165, 1.54) is 15.3 Å². The highest BCUT2D eigenvalue weighted by atomic mass is 32.2. The van der Waals surface area contributed by atoms with Crippen molar-refractivity contribution in [2.24, 2.45) is 0 Å². The van der Waals surface area contributed by atoms with Gasteiger partial charge in [0, 0.05) is 31.3 Å². The zero-order valence-electron chi connectivity index (χ0n) is 17.5. The number of hydrogen-bond acceptors (Lipinski definition) is 6. The number of amides is 1. The Morgan fingerprint density at radius 1 is 1.13 bits per heavy atom. The Morgan fingerprint density at radius 2 is 1.84 bits per heavy atom. The number of aryl methyl sites for hydroxylation is 1. The minimum atomic E-state index is -3.60. The number of carbonyl (C=O) groups is 1. The quantitative estimate of drug-likeness (QED) is 0.584. The molecule has 0 bridgehead atoms. The molecule has 1 aromatic heterocycles. The van der Waals surface area contributed by atoms with Crippen LogP contribution in [0.25, 0.3) is 11.4 Å². The molecule has 2 aromatic carbocycles. The second kappa shape index (κ2) is 8.60. The highest BCUT2D eigenvalue weighted by molar-refractivity contribution is 7.89. The fourth-order valence-corrected chi connectivity index (χ4v) is 5.12. The molecule has 1 aliphatic rings. The minimum absolute atomic E-state index is 0.112. The third kappa shape index (κ3) is 4.38. The number of nitrogens with zero attached hydrogens (tertiary/aromatic N) is 4. The van der Waals surface area contributed by atoms with Crippen molar-refractivity contribution in [1.82, 2.24) is 19.3 Å². The lowest BCUT2D eigenvalue weighted by atomic mass is 10.1. The zero-order chi connectivity index (χ0) is 22.0. The van der Waals surface area contributed by atoms with Crippen LogP contribution >= 0.6 is 0 Å². The van der Waals surface area contributed by atoms with Crippen LogP contribution < -0.4 is 0 Å². The first-order valence-corrected chi connectivity index (χ1v) is 11.5. The standard InChI is InChI=1S/C22H24N4O4S/c1-16-10-11-18(31(28,29)26-12-6-7-13-26)14-19(16)22(27)25(2)15-20-23-21(24-30-20)17-8-4-3-5-9-17/h3-5,8-11,14H,6-7,12-13,15H2,1-2H3. The maximum Gasteiger partial charge on any atom is 0.254 e. The molecule has 0 radical (unpaired) electrons. The van der Waals surface area contributed by atoms with Gasteiger partial charge in [-0.05, 0) is 37.5 Å². The average Bonchev–Trinajstić information content (AvgIpc) is 3.47. The molecule has 31 heavy (non-hydrogen) atoms. The van der Waals surface area contributed by atoms with E-state index >= 15 is 0 Å². The van der Waals surface area contributed by atoms with Gasteiger partial charge in [0.05, 0.1) is 11.4 Å². The molecule has 2 heterocycles. The number of rotatable bonds is 6. The van der Waals surface area contributed by atoms with Crippen molar-refractivity contribution >= 4 is 15.9 Å². The second-order valence-electron chi connectivity index (χ2n) is 7.63. The molecule has 9 heteroatoms. The smallest absolute Gasteiger partial charge is 0.254 e. The van der Waals surface area contributed by atoms with E-state index in [1.807, 2.05) is 30.3 Å². The van der Waals surface area contributed by atoms with E-state index in [4.69, 9.17) is 4.52 Å². The van der Waals surface area contributed by atoms with Crippen LogP contribution in [0.3, 0.4) is 0 Å². The molecular weight excluding hydrogens is 416 g/mol. The summed E-state index contributed by atoms with van der Waals surface area (Å²) in [6.07, 6.45) is 1.71. The summed E-state index contributed by atoms with van der Waals surface area (Å²) in [5, 5.41) is 3.97. The van der Waals surface area contributed by atoms with E-state index in [2.05, 4.69) is 10.1 Å². The van der Waals surface area contributed by atoms with Crippen LogP contribution in [0.2, 0.25) is 0 Å². The Balaban J connectivity index is 1.53. The van der Waals surface area contributed by atoms with E-state index in [-0.39, 0.29) is 17.3 Å². The van der Waals surface area contributed by atoms with Crippen LogP contribution in [0.15, 0.2) is 57.9 Å². The summed E-state index contributed by atoms with van der Waals surface area (Å²) < 4.78 is 32.5. The van der Waals surface area contributed by atoms with Crippen molar-refractivity contribution in [3.8, 4) is 11.4 Å². The highest BCUT2D eigenvalue weighted by Gasteiger charge is 2.28. The predicted octanol–water partition coefficient (Wildman–Crippen LogP) is 3.10. The summed E-state index contributed by atoms with van der Waals surface area (Å²) in [6, 6.07) is 14.1. The molecule has 0 saturated carbocycles. The number of sulfonamides is 1. The lowest BCUT2D eigenvalue weighted by molar-refractivity contribution is 0.0768.